The van der Waals surface area contributed by atoms with Crippen LogP contribution < -0.4 is 10.6 Å². The van der Waals surface area contributed by atoms with Gasteiger partial charge in [0.15, 0.2) is 0 Å². The summed E-state index contributed by atoms with van der Waals surface area (Å²) in [6.07, 6.45) is 6.54. The highest BCUT2D eigenvalue weighted by molar-refractivity contribution is 5.96. The Balaban J connectivity index is 1.52. The lowest BCUT2D eigenvalue weighted by Gasteiger charge is -2.12. The number of amides is 2. The SMILES string of the molecule is CC(NC(=O)/C=C/c1ccc2ccccc2c1)C(=O)NCc1cccnc1. The maximum atomic E-state index is 12.1. The molecule has 1 atom stereocenters. The molecular formula is C22H21N3O2. The maximum absolute atomic E-state index is 12.1. The Morgan fingerprint density at radius 3 is 2.67 bits per heavy atom. The fourth-order valence-electron chi connectivity index (χ4n) is 2.66. The number of nitrogens with one attached hydrogen (secondary N) is 2. The van der Waals surface area contributed by atoms with E-state index in [4.69, 9.17) is 0 Å². The number of benzene rings is 2. The molecule has 0 bridgehead atoms. The largest absolute Gasteiger partial charge is 0.350 e. The van der Waals surface area contributed by atoms with Crippen LogP contribution in [0.2, 0.25) is 0 Å². The van der Waals surface area contributed by atoms with Crippen molar-refractivity contribution < 1.29 is 9.59 Å². The van der Waals surface area contributed by atoms with Crippen LogP contribution >= 0.6 is 0 Å². The molecule has 1 aromatic heterocycles. The van der Waals surface area contributed by atoms with E-state index in [1.165, 1.54) is 6.08 Å². The minimum atomic E-state index is -0.629. The van der Waals surface area contributed by atoms with Gasteiger partial charge in [-0.1, -0.05) is 42.5 Å². The van der Waals surface area contributed by atoms with Crippen LogP contribution in [0, 0.1) is 0 Å². The highest BCUT2D eigenvalue weighted by atomic mass is 16.2. The summed E-state index contributed by atoms with van der Waals surface area (Å²) >= 11 is 0. The summed E-state index contributed by atoms with van der Waals surface area (Å²) in [5, 5.41) is 7.72. The van der Waals surface area contributed by atoms with Crippen LogP contribution in [0.4, 0.5) is 0 Å². The van der Waals surface area contributed by atoms with E-state index in [1.807, 2.05) is 54.6 Å². The van der Waals surface area contributed by atoms with Crippen LogP contribution in [0.1, 0.15) is 18.1 Å². The summed E-state index contributed by atoms with van der Waals surface area (Å²) in [5.41, 5.74) is 1.83. The Bertz CT molecular complexity index is 967. The van der Waals surface area contributed by atoms with Crippen LogP contribution in [0.5, 0.6) is 0 Å². The molecule has 1 heterocycles. The van der Waals surface area contributed by atoms with Crippen LogP contribution in [-0.2, 0) is 16.1 Å². The summed E-state index contributed by atoms with van der Waals surface area (Å²) in [4.78, 5) is 28.2. The van der Waals surface area contributed by atoms with E-state index in [0.717, 1.165) is 21.9 Å². The Hall–Kier alpha value is -3.47. The zero-order valence-electron chi connectivity index (χ0n) is 15.1. The van der Waals surface area contributed by atoms with E-state index < -0.39 is 6.04 Å². The lowest BCUT2D eigenvalue weighted by molar-refractivity contribution is -0.126. The monoisotopic (exact) mass is 359 g/mol. The van der Waals surface area contributed by atoms with Gasteiger partial charge in [-0.05, 0) is 47.0 Å². The number of hydrogen-bond acceptors (Lipinski definition) is 3. The second-order valence-electron chi connectivity index (χ2n) is 6.25. The molecule has 5 nitrogen and oxygen atoms in total. The lowest BCUT2D eigenvalue weighted by Crippen LogP contribution is -2.44. The standard InChI is InChI=1S/C22H21N3O2/c1-16(22(27)24-15-18-5-4-12-23-14-18)25-21(26)11-9-17-8-10-19-6-2-3-7-20(19)13-17/h2-14,16H,15H2,1H3,(H,24,27)(H,25,26)/b11-9+. The Morgan fingerprint density at radius 2 is 1.89 bits per heavy atom. The van der Waals surface area contributed by atoms with Gasteiger partial charge in [-0.3, -0.25) is 14.6 Å². The average Bonchev–Trinajstić information content (AvgIpc) is 2.71. The van der Waals surface area contributed by atoms with Gasteiger partial charge in [-0.2, -0.15) is 0 Å². The van der Waals surface area contributed by atoms with E-state index in [0.29, 0.717) is 6.54 Å². The van der Waals surface area contributed by atoms with Crippen LogP contribution in [0.15, 0.2) is 73.1 Å². The molecule has 136 valence electrons. The molecule has 2 aromatic carbocycles. The molecule has 3 rings (SSSR count). The zero-order chi connectivity index (χ0) is 19.1. The second-order valence-corrected chi connectivity index (χ2v) is 6.25. The quantitative estimate of drug-likeness (QED) is 0.665. The van der Waals surface area contributed by atoms with Gasteiger partial charge in [0.2, 0.25) is 11.8 Å². The maximum Gasteiger partial charge on any atom is 0.244 e. The first kappa shape index (κ1) is 18.3. The van der Waals surface area contributed by atoms with Crippen LogP contribution in [0.25, 0.3) is 16.8 Å². The van der Waals surface area contributed by atoms with Gasteiger partial charge in [0.05, 0.1) is 0 Å². The first-order chi connectivity index (χ1) is 13.1. The van der Waals surface area contributed by atoms with Crippen LogP contribution in [-0.4, -0.2) is 22.8 Å². The average molecular weight is 359 g/mol. The number of nitrogens with zero attached hydrogens (tertiary/aromatic N) is 1. The molecule has 27 heavy (non-hydrogen) atoms. The Morgan fingerprint density at radius 1 is 1.07 bits per heavy atom. The summed E-state index contributed by atoms with van der Waals surface area (Å²) in [5.74, 6) is -0.557. The molecule has 1 unspecified atom stereocenters. The minimum absolute atomic E-state index is 0.244. The molecule has 0 radical (unpaired) electrons. The molecule has 0 saturated carbocycles. The molecule has 2 amide bonds. The van der Waals surface area contributed by atoms with Crippen molar-refractivity contribution in [1.29, 1.82) is 0 Å². The van der Waals surface area contributed by atoms with Crippen molar-refractivity contribution in [3.05, 3.63) is 84.2 Å². The molecule has 3 aromatic rings. The number of carbonyl (C=O) groups excluding carboxylic acids is 2. The van der Waals surface area contributed by atoms with Gasteiger partial charge >= 0.3 is 0 Å². The van der Waals surface area contributed by atoms with Crippen molar-refractivity contribution in [2.75, 3.05) is 0 Å². The number of pyridine rings is 1. The van der Waals surface area contributed by atoms with E-state index in [9.17, 15) is 9.59 Å². The van der Waals surface area contributed by atoms with E-state index in [2.05, 4.69) is 15.6 Å². The topological polar surface area (TPSA) is 71.1 Å². The molecule has 0 aliphatic carbocycles. The van der Waals surface area contributed by atoms with E-state index in [1.54, 1.807) is 25.4 Å². The van der Waals surface area contributed by atoms with Crippen molar-refractivity contribution in [3.63, 3.8) is 0 Å². The van der Waals surface area contributed by atoms with E-state index in [-0.39, 0.29) is 11.8 Å². The van der Waals surface area contributed by atoms with Crippen molar-refractivity contribution >= 4 is 28.7 Å². The highest BCUT2D eigenvalue weighted by Gasteiger charge is 2.13. The van der Waals surface area contributed by atoms with Gasteiger partial charge in [0, 0.05) is 25.0 Å². The predicted octanol–water partition coefficient (Wildman–Crippen LogP) is 3.07. The molecule has 0 spiro atoms. The number of hydrogen-bond donors (Lipinski definition) is 2. The number of rotatable bonds is 6. The molecular weight excluding hydrogens is 338 g/mol. The van der Waals surface area contributed by atoms with Crippen LogP contribution in [0.3, 0.4) is 0 Å². The molecule has 0 aliphatic rings. The molecule has 2 N–H and O–H groups in total. The lowest BCUT2D eigenvalue weighted by atomic mass is 10.1. The van der Waals surface area contributed by atoms with E-state index >= 15 is 0 Å². The third kappa shape index (κ3) is 5.25. The third-order valence-corrected chi connectivity index (χ3v) is 4.14. The fraction of sp³-hybridized carbons (Fsp3) is 0.136. The van der Waals surface area contributed by atoms with Gasteiger partial charge in [-0.25, -0.2) is 0 Å². The molecule has 5 heteroatoms. The Labute approximate surface area is 158 Å². The minimum Gasteiger partial charge on any atom is -0.350 e. The Kier molecular flexibility index (Phi) is 5.94. The predicted molar refractivity (Wildman–Crippen MR) is 107 cm³/mol. The second kappa shape index (κ2) is 8.76. The first-order valence-corrected chi connectivity index (χ1v) is 8.76. The summed E-state index contributed by atoms with van der Waals surface area (Å²) < 4.78 is 0. The highest BCUT2D eigenvalue weighted by Crippen LogP contribution is 2.16. The zero-order valence-corrected chi connectivity index (χ0v) is 15.1. The van der Waals surface area contributed by atoms with Gasteiger partial charge in [0.25, 0.3) is 0 Å². The normalized spacial score (nSPS) is 12.0. The number of fused-ring (bicyclic) bond motifs is 1. The summed E-state index contributed by atoms with van der Waals surface area (Å²) in [6, 6.07) is 17.1. The van der Waals surface area contributed by atoms with Gasteiger partial charge < -0.3 is 10.6 Å². The van der Waals surface area contributed by atoms with Gasteiger partial charge in [0.1, 0.15) is 6.04 Å². The van der Waals surface area contributed by atoms with Crippen molar-refractivity contribution in [2.24, 2.45) is 0 Å². The van der Waals surface area contributed by atoms with Crippen molar-refractivity contribution in [3.8, 4) is 0 Å². The fourth-order valence-corrected chi connectivity index (χ4v) is 2.66. The molecule has 0 aliphatic heterocycles. The first-order valence-electron chi connectivity index (χ1n) is 8.76. The molecule has 0 saturated heterocycles. The van der Waals surface area contributed by atoms with Crippen molar-refractivity contribution in [1.82, 2.24) is 15.6 Å². The molecule has 0 fully saturated rings. The van der Waals surface area contributed by atoms with Gasteiger partial charge in [-0.15, -0.1) is 0 Å². The van der Waals surface area contributed by atoms with Crippen molar-refractivity contribution in [2.45, 2.75) is 19.5 Å². The number of aromatic nitrogens is 1. The summed E-state index contributed by atoms with van der Waals surface area (Å²) in [7, 11) is 0. The third-order valence-electron chi connectivity index (χ3n) is 4.14. The smallest absolute Gasteiger partial charge is 0.244 e. The number of carbonyl (C=O) groups is 2. The summed E-state index contributed by atoms with van der Waals surface area (Å²) in [6.45, 7) is 2.03.